The molecule has 1 aliphatic rings. The van der Waals surface area contributed by atoms with E-state index in [-0.39, 0.29) is 11.7 Å². The standard InChI is InChI=1S/C13H14F2O7S/c1-8(13(14,15)23(17,18)19)22-12(16)9-2-4-10(5-3-9)20-6-11-7-21-11/h2-5,8,11H,6-7H2,1H3,(H,17,18,19). The number of hydrogen-bond acceptors (Lipinski definition) is 6. The number of alkyl halides is 2. The van der Waals surface area contributed by atoms with Gasteiger partial charge in [-0.1, -0.05) is 0 Å². The lowest BCUT2D eigenvalue weighted by molar-refractivity contribution is -0.0549. The van der Waals surface area contributed by atoms with Crippen LogP contribution in [-0.2, 0) is 19.6 Å². The van der Waals surface area contributed by atoms with Crippen LogP contribution in [0.2, 0.25) is 0 Å². The summed E-state index contributed by atoms with van der Waals surface area (Å²) >= 11 is 0. The van der Waals surface area contributed by atoms with Crippen LogP contribution in [0.4, 0.5) is 8.78 Å². The van der Waals surface area contributed by atoms with Crippen molar-refractivity contribution in [2.45, 2.75) is 24.4 Å². The van der Waals surface area contributed by atoms with Gasteiger partial charge in [0, 0.05) is 0 Å². The van der Waals surface area contributed by atoms with Crippen LogP contribution in [0, 0.1) is 0 Å². The van der Waals surface area contributed by atoms with Crippen LogP contribution < -0.4 is 4.74 Å². The number of benzene rings is 1. The quantitative estimate of drug-likeness (QED) is 0.450. The van der Waals surface area contributed by atoms with Crippen molar-refractivity contribution in [3.05, 3.63) is 29.8 Å². The highest BCUT2D eigenvalue weighted by Gasteiger charge is 2.52. The second-order valence-corrected chi connectivity index (χ2v) is 6.37. The number of esters is 1. The van der Waals surface area contributed by atoms with Gasteiger partial charge in [0.2, 0.25) is 0 Å². The highest BCUT2D eigenvalue weighted by Crippen LogP contribution is 2.28. The van der Waals surface area contributed by atoms with Crippen molar-refractivity contribution in [2.24, 2.45) is 0 Å². The Balaban J connectivity index is 1.97. The fourth-order valence-electron chi connectivity index (χ4n) is 1.55. The van der Waals surface area contributed by atoms with Crippen molar-refractivity contribution in [3.63, 3.8) is 0 Å². The normalized spacial score (nSPS) is 19.0. The third kappa shape index (κ3) is 4.36. The molecular weight excluding hydrogens is 338 g/mol. The summed E-state index contributed by atoms with van der Waals surface area (Å²) in [6.07, 6.45) is -2.30. The lowest BCUT2D eigenvalue weighted by atomic mass is 10.2. The van der Waals surface area contributed by atoms with E-state index in [9.17, 15) is 22.0 Å². The number of epoxide rings is 1. The molecule has 0 radical (unpaired) electrons. The Labute approximate surface area is 130 Å². The molecule has 0 saturated carbocycles. The summed E-state index contributed by atoms with van der Waals surface area (Å²) in [5, 5.41) is -4.60. The Morgan fingerprint density at radius 1 is 1.43 bits per heavy atom. The zero-order valence-corrected chi connectivity index (χ0v) is 12.8. The van der Waals surface area contributed by atoms with Crippen molar-refractivity contribution >= 4 is 16.1 Å². The summed E-state index contributed by atoms with van der Waals surface area (Å²) in [6, 6.07) is 5.43. The first-order chi connectivity index (χ1) is 10.6. The third-order valence-corrected chi connectivity index (χ3v) is 4.05. The van der Waals surface area contributed by atoms with Gasteiger partial charge in [0.05, 0.1) is 12.2 Å². The van der Waals surface area contributed by atoms with Crippen molar-refractivity contribution < 1.29 is 40.8 Å². The monoisotopic (exact) mass is 352 g/mol. The predicted molar refractivity (Wildman–Crippen MR) is 73.1 cm³/mol. The van der Waals surface area contributed by atoms with E-state index < -0.39 is 27.4 Å². The summed E-state index contributed by atoms with van der Waals surface area (Å²) in [6.45, 7) is 1.66. The molecule has 1 N–H and O–H groups in total. The van der Waals surface area contributed by atoms with Gasteiger partial charge in [0.25, 0.3) is 0 Å². The molecule has 7 nitrogen and oxygen atoms in total. The molecule has 2 atom stereocenters. The maximum Gasteiger partial charge on any atom is 0.405 e. The van der Waals surface area contributed by atoms with E-state index in [0.29, 0.717) is 25.9 Å². The number of hydrogen-bond donors (Lipinski definition) is 1. The van der Waals surface area contributed by atoms with Crippen LogP contribution in [0.15, 0.2) is 24.3 Å². The molecule has 0 amide bonds. The molecule has 0 spiro atoms. The first-order valence-electron chi connectivity index (χ1n) is 6.51. The maximum atomic E-state index is 13.3. The average Bonchev–Trinajstić information content (AvgIpc) is 3.28. The van der Waals surface area contributed by atoms with Gasteiger partial charge in [-0.15, -0.1) is 0 Å². The highest BCUT2D eigenvalue weighted by atomic mass is 32.2. The fraction of sp³-hybridized carbons (Fsp3) is 0.462. The molecule has 2 unspecified atom stereocenters. The Bertz CT molecular complexity index is 668. The van der Waals surface area contributed by atoms with Gasteiger partial charge in [0.1, 0.15) is 18.5 Å². The molecular formula is C13H14F2O7S. The van der Waals surface area contributed by atoms with E-state index in [1.54, 1.807) is 0 Å². The van der Waals surface area contributed by atoms with Crippen LogP contribution in [-0.4, -0.2) is 49.6 Å². The predicted octanol–water partition coefficient (Wildman–Crippen LogP) is 1.49. The molecule has 0 aliphatic carbocycles. The molecule has 1 aromatic carbocycles. The largest absolute Gasteiger partial charge is 0.491 e. The summed E-state index contributed by atoms with van der Waals surface area (Å²) < 4.78 is 70.9. The first-order valence-corrected chi connectivity index (χ1v) is 7.95. The Morgan fingerprint density at radius 2 is 2.00 bits per heavy atom. The molecule has 1 saturated heterocycles. The summed E-state index contributed by atoms with van der Waals surface area (Å²) in [5.41, 5.74) is -0.0713. The van der Waals surface area contributed by atoms with Crippen LogP contribution in [0.3, 0.4) is 0 Å². The lowest BCUT2D eigenvalue weighted by Gasteiger charge is -2.20. The van der Waals surface area contributed by atoms with Crippen LogP contribution in [0.5, 0.6) is 5.75 Å². The molecule has 0 bridgehead atoms. The van der Waals surface area contributed by atoms with E-state index in [2.05, 4.69) is 4.74 Å². The molecule has 23 heavy (non-hydrogen) atoms. The summed E-state index contributed by atoms with van der Waals surface area (Å²) in [7, 11) is -5.69. The number of carbonyl (C=O) groups is 1. The molecule has 128 valence electrons. The number of ether oxygens (including phenoxy) is 3. The molecule has 10 heteroatoms. The third-order valence-electron chi connectivity index (χ3n) is 3.03. The Morgan fingerprint density at radius 3 is 2.48 bits per heavy atom. The smallest absolute Gasteiger partial charge is 0.405 e. The van der Waals surface area contributed by atoms with Gasteiger partial charge in [-0.25, -0.2) is 4.79 Å². The highest BCUT2D eigenvalue weighted by molar-refractivity contribution is 7.86. The summed E-state index contributed by atoms with van der Waals surface area (Å²) in [5.74, 6) is -0.703. The number of rotatable bonds is 7. The Kier molecular flexibility index (Phi) is 4.87. The minimum Gasteiger partial charge on any atom is -0.491 e. The minimum absolute atomic E-state index is 0.0585. The van der Waals surface area contributed by atoms with E-state index in [1.165, 1.54) is 24.3 Å². The van der Waals surface area contributed by atoms with E-state index >= 15 is 0 Å². The summed E-state index contributed by atoms with van der Waals surface area (Å²) in [4.78, 5) is 11.7. The van der Waals surface area contributed by atoms with Crippen molar-refractivity contribution in [2.75, 3.05) is 13.2 Å². The zero-order valence-electron chi connectivity index (χ0n) is 11.9. The van der Waals surface area contributed by atoms with Crippen LogP contribution in [0.1, 0.15) is 17.3 Å². The van der Waals surface area contributed by atoms with Gasteiger partial charge in [-0.05, 0) is 31.2 Å². The minimum atomic E-state index is -5.69. The van der Waals surface area contributed by atoms with Crippen LogP contribution in [0.25, 0.3) is 0 Å². The van der Waals surface area contributed by atoms with Crippen LogP contribution >= 0.6 is 0 Å². The Hall–Kier alpha value is -1.78. The molecule has 0 aromatic heterocycles. The van der Waals surface area contributed by atoms with Crippen molar-refractivity contribution in [3.8, 4) is 5.75 Å². The van der Waals surface area contributed by atoms with E-state index in [4.69, 9.17) is 14.0 Å². The second-order valence-electron chi connectivity index (χ2n) is 4.88. The van der Waals surface area contributed by atoms with Crippen molar-refractivity contribution in [1.82, 2.24) is 0 Å². The van der Waals surface area contributed by atoms with Crippen molar-refractivity contribution in [1.29, 1.82) is 0 Å². The van der Waals surface area contributed by atoms with E-state index in [0.717, 1.165) is 0 Å². The molecule has 1 aromatic rings. The maximum absolute atomic E-state index is 13.3. The second kappa shape index (κ2) is 6.38. The van der Waals surface area contributed by atoms with Gasteiger partial charge in [-0.2, -0.15) is 17.2 Å². The fourth-order valence-corrected chi connectivity index (χ4v) is 2.02. The lowest BCUT2D eigenvalue weighted by Crippen LogP contribution is -2.42. The molecule has 1 heterocycles. The average molecular weight is 352 g/mol. The van der Waals surface area contributed by atoms with Gasteiger partial charge in [0.15, 0.2) is 6.10 Å². The van der Waals surface area contributed by atoms with Gasteiger partial charge >= 0.3 is 21.3 Å². The SMILES string of the molecule is CC(OC(=O)c1ccc(OCC2CO2)cc1)C(F)(F)S(=O)(=O)O. The number of halogens is 2. The van der Waals surface area contributed by atoms with Gasteiger partial charge in [-0.3, -0.25) is 4.55 Å². The molecule has 2 rings (SSSR count). The molecule has 1 fully saturated rings. The van der Waals surface area contributed by atoms with E-state index in [1.807, 2.05) is 0 Å². The topological polar surface area (TPSA) is 102 Å². The molecule has 1 aliphatic heterocycles. The first kappa shape index (κ1) is 17.6. The zero-order chi connectivity index (χ0) is 17.3. The number of carbonyl (C=O) groups excluding carboxylic acids is 1. The van der Waals surface area contributed by atoms with Gasteiger partial charge < -0.3 is 14.2 Å².